The van der Waals surface area contributed by atoms with Crippen molar-refractivity contribution in [1.82, 2.24) is 14.7 Å². The molecule has 0 saturated heterocycles. The lowest BCUT2D eigenvalue weighted by atomic mass is 10.1. The summed E-state index contributed by atoms with van der Waals surface area (Å²) in [6.07, 6.45) is 3.59. The van der Waals surface area contributed by atoms with E-state index in [0.29, 0.717) is 36.8 Å². The highest BCUT2D eigenvalue weighted by Gasteiger charge is 2.23. The Hall–Kier alpha value is -3.03. The molecule has 2 aromatic carbocycles. The number of aromatic nitrogens is 2. The fourth-order valence-electron chi connectivity index (χ4n) is 3.69. The number of allylic oxidation sites excluding steroid dienone is 1. The van der Waals surface area contributed by atoms with Gasteiger partial charge < -0.3 is 9.84 Å². The fraction of sp³-hybridized carbons (Fsp3) is 0.346. The van der Waals surface area contributed by atoms with Gasteiger partial charge in [-0.15, -0.1) is 6.58 Å². The molecule has 7 heteroatoms. The van der Waals surface area contributed by atoms with Crippen molar-refractivity contribution in [3.63, 3.8) is 0 Å². The number of nitrogens with zero attached hydrogens (tertiary/aromatic N) is 3. The molecule has 1 N–H and O–H groups in total. The van der Waals surface area contributed by atoms with Crippen molar-refractivity contribution in [1.29, 1.82) is 0 Å². The van der Waals surface area contributed by atoms with E-state index in [1.165, 1.54) is 18.2 Å². The molecule has 0 spiro atoms. The van der Waals surface area contributed by atoms with Gasteiger partial charge in [-0.25, -0.2) is 13.5 Å². The Morgan fingerprint density at radius 3 is 2.58 bits per heavy atom. The lowest BCUT2D eigenvalue weighted by Gasteiger charge is -2.25. The van der Waals surface area contributed by atoms with Crippen LogP contribution in [0.15, 0.2) is 61.2 Å². The predicted molar refractivity (Wildman–Crippen MR) is 126 cm³/mol. The average molecular weight is 456 g/mol. The van der Waals surface area contributed by atoms with Crippen molar-refractivity contribution in [2.45, 2.75) is 45.8 Å². The molecular weight excluding hydrogens is 424 g/mol. The summed E-state index contributed by atoms with van der Waals surface area (Å²) in [6, 6.07) is 12.1. The largest absolute Gasteiger partial charge is 0.435 e. The number of rotatable bonds is 12. The van der Waals surface area contributed by atoms with Gasteiger partial charge in [-0.3, -0.25) is 4.90 Å². The third kappa shape index (κ3) is 6.49. The number of hydrogen-bond donors (Lipinski definition) is 1. The van der Waals surface area contributed by atoms with Crippen molar-refractivity contribution in [2.24, 2.45) is 0 Å². The molecule has 0 aliphatic rings. The molecule has 1 atom stereocenters. The van der Waals surface area contributed by atoms with E-state index in [4.69, 9.17) is 4.74 Å². The van der Waals surface area contributed by atoms with Crippen LogP contribution in [0.1, 0.15) is 37.4 Å². The fourth-order valence-corrected chi connectivity index (χ4v) is 3.69. The second-order valence-corrected chi connectivity index (χ2v) is 8.04. The molecule has 3 rings (SSSR count). The average Bonchev–Trinajstić information content (AvgIpc) is 3.09. The predicted octanol–water partition coefficient (Wildman–Crippen LogP) is 5.79. The lowest BCUT2D eigenvalue weighted by Crippen LogP contribution is -2.33. The van der Waals surface area contributed by atoms with Crippen molar-refractivity contribution in [3.05, 3.63) is 84.1 Å². The Morgan fingerprint density at radius 1 is 1.18 bits per heavy atom. The normalized spacial score (nSPS) is 12.2. The van der Waals surface area contributed by atoms with Crippen molar-refractivity contribution < 1.29 is 18.6 Å². The van der Waals surface area contributed by atoms with Crippen LogP contribution >= 0.6 is 0 Å². The van der Waals surface area contributed by atoms with Crippen molar-refractivity contribution in [3.8, 4) is 17.3 Å². The van der Waals surface area contributed by atoms with Crippen LogP contribution in [0.4, 0.5) is 8.78 Å². The molecule has 1 aromatic heterocycles. The van der Waals surface area contributed by atoms with E-state index < -0.39 is 11.9 Å². The summed E-state index contributed by atoms with van der Waals surface area (Å²) in [4.78, 5) is 2.14. The molecular formula is C26H31F2N3O2. The van der Waals surface area contributed by atoms with E-state index in [1.54, 1.807) is 41.1 Å². The van der Waals surface area contributed by atoms with E-state index in [1.807, 2.05) is 6.92 Å². The molecule has 0 bridgehead atoms. The van der Waals surface area contributed by atoms with Gasteiger partial charge >= 0.3 is 0 Å². The maximum Gasteiger partial charge on any atom is 0.227 e. The monoisotopic (exact) mass is 455 g/mol. The number of para-hydroxylation sites is 1. The summed E-state index contributed by atoms with van der Waals surface area (Å²) in [5.41, 5.74) is 2.10. The van der Waals surface area contributed by atoms with Crippen LogP contribution in [0.5, 0.6) is 11.6 Å². The van der Waals surface area contributed by atoms with E-state index in [-0.39, 0.29) is 11.6 Å². The first kappa shape index (κ1) is 24.6. The Morgan fingerprint density at radius 2 is 1.91 bits per heavy atom. The number of aryl methyl sites for hydroxylation is 1. The topological polar surface area (TPSA) is 50.5 Å². The Labute approximate surface area is 193 Å². The Bertz CT molecular complexity index is 1050. The Balaban J connectivity index is 1.99. The van der Waals surface area contributed by atoms with Gasteiger partial charge in [0.2, 0.25) is 5.88 Å². The van der Waals surface area contributed by atoms with Crippen LogP contribution in [0.2, 0.25) is 0 Å². The molecule has 0 aliphatic carbocycles. The highest BCUT2D eigenvalue weighted by atomic mass is 19.1. The standard InChI is InChI=1S/C26H31F2N3O2/c1-4-6-9-22(32)17-30(16-5-2)18-23-19(3)29-31(21-14-12-20(27)13-15-21)26(23)33-25-11-8-7-10-24(25)28/h4,7-8,10-15,22,32H,1,5-6,9,16-18H2,2-3H3. The quantitative estimate of drug-likeness (QED) is 0.351. The lowest BCUT2D eigenvalue weighted by molar-refractivity contribution is 0.102. The zero-order chi connectivity index (χ0) is 23.8. The third-order valence-electron chi connectivity index (χ3n) is 5.35. The molecule has 1 heterocycles. The van der Waals surface area contributed by atoms with E-state index >= 15 is 0 Å². The molecule has 0 amide bonds. The molecule has 0 saturated carbocycles. The van der Waals surface area contributed by atoms with Gasteiger partial charge in [0.05, 0.1) is 23.0 Å². The second-order valence-electron chi connectivity index (χ2n) is 8.04. The molecule has 33 heavy (non-hydrogen) atoms. The van der Waals surface area contributed by atoms with Gasteiger partial charge in [0.1, 0.15) is 5.82 Å². The highest BCUT2D eigenvalue weighted by molar-refractivity contribution is 5.43. The number of hydrogen-bond acceptors (Lipinski definition) is 4. The summed E-state index contributed by atoms with van der Waals surface area (Å²) in [7, 11) is 0. The smallest absolute Gasteiger partial charge is 0.227 e. The van der Waals surface area contributed by atoms with Crippen LogP contribution in [0.3, 0.4) is 0 Å². The summed E-state index contributed by atoms with van der Waals surface area (Å²) in [5.74, 6) is -0.402. The summed E-state index contributed by atoms with van der Waals surface area (Å²) in [5, 5.41) is 15.1. The first-order chi connectivity index (χ1) is 15.9. The van der Waals surface area contributed by atoms with Gasteiger partial charge in [0.15, 0.2) is 11.6 Å². The molecule has 176 valence electrons. The molecule has 5 nitrogen and oxygen atoms in total. The van der Waals surface area contributed by atoms with Crippen molar-refractivity contribution in [2.75, 3.05) is 13.1 Å². The number of aliphatic hydroxyl groups excluding tert-OH is 1. The molecule has 1 unspecified atom stereocenters. The number of benzene rings is 2. The summed E-state index contributed by atoms with van der Waals surface area (Å²) >= 11 is 0. The van der Waals surface area contributed by atoms with E-state index in [0.717, 1.165) is 24.9 Å². The minimum Gasteiger partial charge on any atom is -0.435 e. The second kappa shape index (κ2) is 11.7. The summed E-state index contributed by atoms with van der Waals surface area (Å²) < 4.78 is 35.5. The van der Waals surface area contributed by atoms with Crippen LogP contribution in [0, 0.1) is 18.6 Å². The number of ether oxygens (including phenoxy) is 1. The first-order valence-corrected chi connectivity index (χ1v) is 11.2. The first-order valence-electron chi connectivity index (χ1n) is 11.2. The van der Waals surface area contributed by atoms with E-state index in [2.05, 4.69) is 23.5 Å². The van der Waals surface area contributed by atoms with Crippen LogP contribution in [-0.2, 0) is 6.54 Å². The van der Waals surface area contributed by atoms with Crippen LogP contribution in [0.25, 0.3) is 5.69 Å². The third-order valence-corrected chi connectivity index (χ3v) is 5.35. The zero-order valence-corrected chi connectivity index (χ0v) is 19.2. The van der Waals surface area contributed by atoms with Crippen LogP contribution < -0.4 is 4.74 Å². The minimum absolute atomic E-state index is 0.0788. The number of halogens is 2. The molecule has 3 aromatic rings. The van der Waals surface area contributed by atoms with Gasteiger partial charge in [-0.2, -0.15) is 5.10 Å². The SMILES string of the molecule is C=CCCC(O)CN(CCC)Cc1c(C)nn(-c2ccc(F)cc2)c1Oc1ccccc1F. The van der Waals surface area contributed by atoms with E-state index in [9.17, 15) is 13.9 Å². The molecule has 0 aliphatic heterocycles. The molecule has 0 fully saturated rings. The molecule has 0 radical (unpaired) electrons. The van der Waals surface area contributed by atoms with Gasteiger partial charge in [-0.1, -0.05) is 25.1 Å². The van der Waals surface area contributed by atoms with Crippen LogP contribution in [-0.4, -0.2) is 39.0 Å². The maximum atomic E-state index is 14.4. The summed E-state index contributed by atoms with van der Waals surface area (Å²) in [6.45, 7) is 9.38. The van der Waals surface area contributed by atoms with Gasteiger partial charge in [-0.05, 0) is 69.1 Å². The highest BCUT2D eigenvalue weighted by Crippen LogP contribution is 2.33. The van der Waals surface area contributed by atoms with Gasteiger partial charge in [0.25, 0.3) is 0 Å². The zero-order valence-electron chi connectivity index (χ0n) is 19.2. The number of aliphatic hydroxyl groups is 1. The maximum absolute atomic E-state index is 14.4. The Kier molecular flexibility index (Phi) is 8.74. The van der Waals surface area contributed by atoms with Crippen molar-refractivity contribution >= 4 is 0 Å². The minimum atomic E-state index is -0.488. The van der Waals surface area contributed by atoms with Gasteiger partial charge in [0, 0.05) is 13.1 Å².